The monoisotopic (exact) mass is 987 g/mol. The number of aryl methyl sites for hydroxylation is 2. The van der Waals surface area contributed by atoms with Crippen LogP contribution in [0, 0.1) is 20.8 Å². The molecule has 4 aromatic rings. The van der Waals surface area contributed by atoms with Crippen LogP contribution in [0.5, 0.6) is 5.88 Å². The number of anilines is 1. The molecule has 1 aromatic carbocycles. The number of nitrogens with zero attached hydrogens (tertiary/aromatic N) is 5. The van der Waals surface area contributed by atoms with E-state index in [0.717, 1.165) is 33.2 Å². The van der Waals surface area contributed by atoms with Gasteiger partial charge in [0.25, 0.3) is 0 Å². The van der Waals surface area contributed by atoms with Crippen LogP contribution in [-0.2, 0) is 47.4 Å². The first-order valence-corrected chi connectivity index (χ1v) is 23.9. The zero-order valence-electron chi connectivity index (χ0n) is 40.0. The summed E-state index contributed by atoms with van der Waals surface area (Å²) in [4.78, 5) is 35.7. The number of aliphatic imine (C=N–C) groups is 1. The van der Waals surface area contributed by atoms with Crippen LogP contribution >= 0.6 is 22.9 Å². The number of alkyl carbamates (subject to hydrolysis) is 1. The summed E-state index contributed by atoms with van der Waals surface area (Å²) >= 11 is 7.90. The van der Waals surface area contributed by atoms with E-state index in [2.05, 4.69) is 39.7 Å². The lowest BCUT2D eigenvalue weighted by molar-refractivity contribution is -0.116. The molecule has 0 aliphatic carbocycles. The number of carbonyl (C=O) groups is 2. The zero-order valence-corrected chi connectivity index (χ0v) is 41.5. The van der Waals surface area contributed by atoms with Crippen molar-refractivity contribution in [2.45, 2.75) is 59.6 Å². The van der Waals surface area contributed by atoms with Crippen molar-refractivity contribution in [3.63, 3.8) is 0 Å². The van der Waals surface area contributed by atoms with E-state index in [0.29, 0.717) is 141 Å². The minimum atomic E-state index is -0.593. The SMILES string of the molecule is Cc1sc2c(c1C)C(c1ccc(Cl)cc1)=N[C@@H](CC(=O)Nc1ccc(OCCOCCOCCOCCOCCOCCOCCOCCOCCNC(=O)OC(C)(C)C)nc1)c1nnc(C)n1-2. The lowest BCUT2D eigenvalue weighted by Gasteiger charge is -2.19. The average Bonchev–Trinajstić information content (AvgIpc) is 3.78. The summed E-state index contributed by atoms with van der Waals surface area (Å²) in [5, 5.41) is 16.0. The second-order valence-corrected chi connectivity index (χ2v) is 17.9. The summed E-state index contributed by atoms with van der Waals surface area (Å²) in [6, 6.07) is 10.4. The Morgan fingerprint density at radius 3 is 1.75 bits per heavy atom. The van der Waals surface area contributed by atoms with Crippen LogP contribution in [0.15, 0.2) is 47.6 Å². The number of benzene rings is 1. The summed E-state index contributed by atoms with van der Waals surface area (Å²) in [7, 11) is 0. The summed E-state index contributed by atoms with van der Waals surface area (Å²) < 4.78 is 57.0. The van der Waals surface area contributed by atoms with Crippen LogP contribution in [0.1, 0.15) is 66.5 Å². The summed E-state index contributed by atoms with van der Waals surface area (Å²) in [6.07, 6.45) is 1.13. The molecule has 0 saturated heterocycles. The number of amides is 2. The van der Waals surface area contributed by atoms with Crippen molar-refractivity contribution in [3.8, 4) is 10.9 Å². The molecule has 4 heterocycles. The number of carbonyl (C=O) groups excluding carboxylic acids is 2. The molecule has 5 rings (SSSR count). The number of fused-ring (bicyclic) bond motifs is 3. The number of nitrogens with one attached hydrogen (secondary N) is 2. The Balaban J connectivity index is 0.822. The molecule has 0 saturated carbocycles. The molecule has 68 heavy (non-hydrogen) atoms. The third-order valence-electron chi connectivity index (χ3n) is 9.75. The highest BCUT2D eigenvalue weighted by Gasteiger charge is 2.32. The van der Waals surface area contributed by atoms with Crippen LogP contribution in [0.3, 0.4) is 0 Å². The molecule has 2 N–H and O–H groups in total. The van der Waals surface area contributed by atoms with Crippen molar-refractivity contribution >= 4 is 46.3 Å². The lowest BCUT2D eigenvalue weighted by atomic mass is 9.99. The first-order valence-electron chi connectivity index (χ1n) is 22.7. The van der Waals surface area contributed by atoms with Gasteiger partial charge in [0, 0.05) is 33.6 Å². The van der Waals surface area contributed by atoms with E-state index < -0.39 is 17.7 Å². The number of hydrogen-bond acceptors (Lipinski definition) is 17. The average molecular weight is 989 g/mol. The van der Waals surface area contributed by atoms with Crippen molar-refractivity contribution in [1.29, 1.82) is 0 Å². The second-order valence-electron chi connectivity index (χ2n) is 16.2. The number of thiophene rings is 1. The predicted octanol–water partition coefficient (Wildman–Crippen LogP) is 6.26. The molecule has 2 amide bonds. The Hall–Kier alpha value is -4.61. The number of pyridine rings is 1. The van der Waals surface area contributed by atoms with Crippen LogP contribution < -0.4 is 15.4 Å². The highest BCUT2D eigenvalue weighted by atomic mass is 35.5. The smallest absolute Gasteiger partial charge is 0.407 e. The maximum atomic E-state index is 13.5. The molecule has 19 nitrogen and oxygen atoms in total. The first-order chi connectivity index (χ1) is 32.9. The van der Waals surface area contributed by atoms with Gasteiger partial charge in [0.1, 0.15) is 29.1 Å². The largest absolute Gasteiger partial charge is 0.475 e. The Bertz CT molecular complexity index is 2150. The van der Waals surface area contributed by atoms with Crippen LogP contribution in [0.2, 0.25) is 5.02 Å². The highest BCUT2D eigenvalue weighted by Crippen LogP contribution is 2.39. The Morgan fingerprint density at radius 1 is 0.706 bits per heavy atom. The normalized spacial score (nSPS) is 13.4. The number of ether oxygens (including phenoxy) is 10. The predicted molar refractivity (Wildman–Crippen MR) is 257 cm³/mol. The molecule has 1 aliphatic heterocycles. The van der Waals surface area contributed by atoms with E-state index in [1.807, 2.05) is 56.5 Å². The van der Waals surface area contributed by atoms with Gasteiger partial charge in [-0.15, -0.1) is 21.5 Å². The quantitative estimate of drug-likeness (QED) is 0.0518. The topological polar surface area (TPSA) is 206 Å². The molecule has 0 bridgehead atoms. The maximum absolute atomic E-state index is 13.5. The van der Waals surface area contributed by atoms with Crippen molar-refractivity contribution in [2.75, 3.05) is 124 Å². The number of aromatic nitrogens is 4. The minimum absolute atomic E-state index is 0.0407. The third-order valence-corrected chi connectivity index (χ3v) is 11.2. The lowest BCUT2D eigenvalue weighted by Crippen LogP contribution is -2.34. The molecule has 1 atom stereocenters. The fraction of sp³-hybridized carbons (Fsp3) is 0.574. The van der Waals surface area contributed by atoms with Gasteiger partial charge in [0.05, 0.1) is 130 Å². The van der Waals surface area contributed by atoms with Crippen molar-refractivity contribution in [1.82, 2.24) is 25.1 Å². The van der Waals surface area contributed by atoms with Gasteiger partial charge in [-0.05, 0) is 65.3 Å². The summed E-state index contributed by atoms with van der Waals surface area (Å²) in [5.74, 6) is 1.49. The van der Waals surface area contributed by atoms with Gasteiger partial charge in [-0.1, -0.05) is 23.7 Å². The minimum Gasteiger partial charge on any atom is -0.475 e. The second kappa shape index (κ2) is 29.4. The van der Waals surface area contributed by atoms with Gasteiger partial charge in [-0.2, -0.15) is 0 Å². The van der Waals surface area contributed by atoms with Gasteiger partial charge < -0.3 is 58.0 Å². The summed E-state index contributed by atoms with van der Waals surface area (Å²) in [6.45, 7) is 19.2. The van der Waals surface area contributed by atoms with Crippen molar-refractivity contribution in [2.24, 2.45) is 4.99 Å². The number of hydrogen-bond donors (Lipinski definition) is 2. The Labute approximate surface area is 407 Å². The fourth-order valence-electron chi connectivity index (χ4n) is 6.45. The van der Waals surface area contributed by atoms with E-state index in [-0.39, 0.29) is 12.3 Å². The molecular weight excluding hydrogens is 922 g/mol. The molecule has 0 unspecified atom stereocenters. The van der Waals surface area contributed by atoms with Gasteiger partial charge in [0.15, 0.2) is 5.82 Å². The van der Waals surface area contributed by atoms with Crippen molar-refractivity contribution < 1.29 is 57.0 Å². The van der Waals surface area contributed by atoms with E-state index in [1.54, 1.807) is 29.7 Å². The Morgan fingerprint density at radius 2 is 1.24 bits per heavy atom. The fourth-order valence-corrected chi connectivity index (χ4v) is 7.79. The molecule has 21 heteroatoms. The molecule has 374 valence electrons. The molecule has 1 aliphatic rings. The molecule has 0 radical (unpaired) electrons. The van der Waals surface area contributed by atoms with Crippen LogP contribution in [0.4, 0.5) is 10.5 Å². The van der Waals surface area contributed by atoms with E-state index >= 15 is 0 Å². The maximum Gasteiger partial charge on any atom is 0.407 e. The molecule has 0 spiro atoms. The number of rotatable bonds is 32. The van der Waals surface area contributed by atoms with Gasteiger partial charge >= 0.3 is 6.09 Å². The van der Waals surface area contributed by atoms with E-state index in [1.165, 1.54) is 4.88 Å². The highest BCUT2D eigenvalue weighted by molar-refractivity contribution is 7.15. The van der Waals surface area contributed by atoms with Crippen LogP contribution in [-0.4, -0.2) is 162 Å². The van der Waals surface area contributed by atoms with Gasteiger partial charge in [-0.3, -0.25) is 14.4 Å². The van der Waals surface area contributed by atoms with Crippen molar-refractivity contribution in [3.05, 3.63) is 80.8 Å². The molecular formula is C47H66ClN7O12S. The number of halogens is 1. The molecule has 3 aromatic heterocycles. The molecule has 0 fully saturated rings. The van der Waals surface area contributed by atoms with E-state index in [4.69, 9.17) is 64.0 Å². The van der Waals surface area contributed by atoms with Crippen LogP contribution in [0.25, 0.3) is 5.00 Å². The standard InChI is InChI=1S/C47H66ClN7O12S/c1-33-34(2)68-45-42(33)43(36-7-9-37(48)10-8-36)52-39(44-54-53-35(3)55(44)45)31-40(56)51-38-11-12-41(50-32-38)66-30-29-65-28-27-64-26-25-63-24-23-62-22-21-61-20-19-60-18-17-59-16-15-58-14-13-49-46(57)67-47(4,5)6/h7-12,32,39H,13-31H2,1-6H3,(H,49,57)(H,51,56)/t39-/m0/s1. The third kappa shape index (κ3) is 19.1. The summed E-state index contributed by atoms with van der Waals surface area (Å²) in [5.41, 5.74) is 3.81. The first kappa shape index (κ1) is 54.3. The van der Waals surface area contributed by atoms with Gasteiger partial charge in [0.2, 0.25) is 11.8 Å². The zero-order chi connectivity index (χ0) is 48.6. The van der Waals surface area contributed by atoms with E-state index in [9.17, 15) is 9.59 Å². The Kier molecular flexibility index (Phi) is 23.5. The van der Waals surface area contributed by atoms with Gasteiger partial charge in [-0.25, -0.2) is 9.78 Å².